The fourth-order valence-corrected chi connectivity index (χ4v) is 2.69. The molecule has 0 saturated carbocycles. The molecular formula is C21H24N2O2. The second-order valence-electron chi connectivity index (χ2n) is 6.71. The molecule has 25 heavy (non-hydrogen) atoms. The summed E-state index contributed by atoms with van der Waals surface area (Å²) in [5.74, 6) is 1.21. The van der Waals surface area contributed by atoms with Gasteiger partial charge in [0.25, 0.3) is 5.91 Å². The number of benzene rings is 2. The summed E-state index contributed by atoms with van der Waals surface area (Å²) in [6, 6.07) is 15.7. The van der Waals surface area contributed by atoms with E-state index in [1.807, 2.05) is 24.3 Å². The number of hydrogen-bond donors (Lipinski definition) is 1. The second kappa shape index (κ2) is 7.97. The first-order valence-corrected chi connectivity index (χ1v) is 8.83. The molecule has 0 atom stereocenters. The van der Waals surface area contributed by atoms with Crippen molar-refractivity contribution >= 4 is 17.0 Å². The summed E-state index contributed by atoms with van der Waals surface area (Å²) < 4.78 is 5.83. The summed E-state index contributed by atoms with van der Waals surface area (Å²) in [5, 5.41) is 2.95. The van der Waals surface area contributed by atoms with E-state index in [1.165, 1.54) is 5.56 Å². The van der Waals surface area contributed by atoms with E-state index in [4.69, 9.17) is 4.42 Å². The fourth-order valence-electron chi connectivity index (χ4n) is 2.69. The molecule has 0 unspecified atom stereocenters. The highest BCUT2D eigenvalue weighted by Crippen LogP contribution is 2.19. The fraction of sp³-hybridized carbons (Fsp3) is 0.333. The van der Waals surface area contributed by atoms with E-state index in [-0.39, 0.29) is 5.91 Å². The molecule has 0 aliphatic rings. The first kappa shape index (κ1) is 17.2. The molecule has 0 fully saturated rings. The highest BCUT2D eigenvalue weighted by Gasteiger charge is 2.11. The molecule has 0 aliphatic heterocycles. The van der Waals surface area contributed by atoms with Crippen molar-refractivity contribution in [3.8, 4) is 0 Å². The van der Waals surface area contributed by atoms with Gasteiger partial charge in [-0.1, -0.05) is 44.2 Å². The van der Waals surface area contributed by atoms with Crippen LogP contribution in [0.4, 0.5) is 0 Å². The van der Waals surface area contributed by atoms with Crippen LogP contribution in [0.1, 0.15) is 42.1 Å². The molecule has 1 N–H and O–H groups in total. The summed E-state index contributed by atoms with van der Waals surface area (Å²) in [7, 11) is 0. The lowest BCUT2D eigenvalue weighted by atomic mass is 10.1. The zero-order valence-electron chi connectivity index (χ0n) is 14.8. The SMILES string of the molecule is CC(C)CCNC(=O)c1ccc2nc(CCc3ccccc3)oc2c1. The first-order valence-electron chi connectivity index (χ1n) is 8.83. The molecule has 1 aromatic heterocycles. The predicted octanol–water partition coefficient (Wildman–Crippen LogP) is 4.39. The van der Waals surface area contributed by atoms with Gasteiger partial charge in [0, 0.05) is 18.5 Å². The highest BCUT2D eigenvalue weighted by molar-refractivity contribution is 5.96. The Hall–Kier alpha value is -2.62. The summed E-state index contributed by atoms with van der Waals surface area (Å²) >= 11 is 0. The summed E-state index contributed by atoms with van der Waals surface area (Å²) in [6.45, 7) is 4.97. The second-order valence-corrected chi connectivity index (χ2v) is 6.71. The summed E-state index contributed by atoms with van der Waals surface area (Å²) in [4.78, 5) is 16.7. The molecule has 0 saturated heterocycles. The molecule has 0 aliphatic carbocycles. The van der Waals surface area contributed by atoms with Gasteiger partial charge in [0.2, 0.25) is 0 Å². The predicted molar refractivity (Wildman–Crippen MR) is 99.6 cm³/mol. The van der Waals surface area contributed by atoms with Gasteiger partial charge in [-0.05, 0) is 42.5 Å². The minimum absolute atomic E-state index is 0.0650. The van der Waals surface area contributed by atoms with E-state index in [1.54, 1.807) is 12.1 Å². The Morgan fingerprint density at radius 2 is 1.92 bits per heavy atom. The standard InChI is InChI=1S/C21H24N2O2/c1-15(2)12-13-22-21(24)17-9-10-18-19(14-17)25-20(23-18)11-8-16-6-4-3-5-7-16/h3-7,9-10,14-15H,8,11-13H2,1-2H3,(H,22,24). The third-order valence-corrected chi connectivity index (χ3v) is 4.17. The Bertz CT molecular complexity index is 837. The summed E-state index contributed by atoms with van der Waals surface area (Å²) in [5.41, 5.74) is 3.33. The van der Waals surface area contributed by atoms with Crippen molar-refractivity contribution in [2.75, 3.05) is 6.54 Å². The minimum atomic E-state index is -0.0650. The van der Waals surface area contributed by atoms with Crippen molar-refractivity contribution in [3.63, 3.8) is 0 Å². The Kier molecular flexibility index (Phi) is 5.49. The van der Waals surface area contributed by atoms with Gasteiger partial charge < -0.3 is 9.73 Å². The smallest absolute Gasteiger partial charge is 0.251 e. The van der Waals surface area contributed by atoms with Crippen LogP contribution < -0.4 is 5.32 Å². The number of carbonyl (C=O) groups excluding carboxylic acids is 1. The lowest BCUT2D eigenvalue weighted by molar-refractivity contribution is 0.0952. The van der Waals surface area contributed by atoms with Gasteiger partial charge >= 0.3 is 0 Å². The third-order valence-electron chi connectivity index (χ3n) is 4.17. The highest BCUT2D eigenvalue weighted by atomic mass is 16.3. The van der Waals surface area contributed by atoms with Crippen LogP contribution in [0, 0.1) is 5.92 Å². The van der Waals surface area contributed by atoms with Crippen molar-refractivity contribution in [1.29, 1.82) is 0 Å². The molecule has 3 aromatic rings. The van der Waals surface area contributed by atoms with E-state index in [9.17, 15) is 4.79 Å². The van der Waals surface area contributed by atoms with Crippen molar-refractivity contribution in [1.82, 2.24) is 10.3 Å². The molecule has 130 valence electrons. The van der Waals surface area contributed by atoms with Gasteiger partial charge in [-0.2, -0.15) is 0 Å². The molecule has 3 rings (SSSR count). The first-order chi connectivity index (χ1) is 12.1. The lowest BCUT2D eigenvalue weighted by Gasteiger charge is -2.06. The van der Waals surface area contributed by atoms with E-state index in [0.29, 0.717) is 29.5 Å². The van der Waals surface area contributed by atoms with Gasteiger partial charge in [-0.3, -0.25) is 4.79 Å². The zero-order chi connectivity index (χ0) is 17.6. The van der Waals surface area contributed by atoms with Crippen LogP contribution in [0.15, 0.2) is 52.9 Å². The normalized spacial score (nSPS) is 11.2. The number of nitrogens with zero attached hydrogens (tertiary/aromatic N) is 1. The van der Waals surface area contributed by atoms with E-state index >= 15 is 0 Å². The molecule has 0 spiro atoms. The van der Waals surface area contributed by atoms with Gasteiger partial charge in [-0.15, -0.1) is 0 Å². The number of amides is 1. The van der Waals surface area contributed by atoms with Crippen molar-refractivity contribution < 1.29 is 9.21 Å². The molecule has 0 radical (unpaired) electrons. The van der Waals surface area contributed by atoms with Gasteiger partial charge in [0.1, 0.15) is 5.52 Å². The van der Waals surface area contributed by atoms with E-state index < -0.39 is 0 Å². The number of carbonyl (C=O) groups is 1. The number of nitrogens with one attached hydrogen (secondary N) is 1. The Morgan fingerprint density at radius 3 is 2.68 bits per heavy atom. The Balaban J connectivity index is 1.65. The molecule has 2 aromatic carbocycles. The third kappa shape index (κ3) is 4.69. The molecule has 1 heterocycles. The van der Waals surface area contributed by atoms with Crippen molar-refractivity contribution in [2.24, 2.45) is 5.92 Å². The molecule has 4 heteroatoms. The van der Waals surface area contributed by atoms with Crippen LogP contribution >= 0.6 is 0 Å². The number of aryl methyl sites for hydroxylation is 2. The Labute approximate surface area is 148 Å². The van der Waals surface area contributed by atoms with Gasteiger partial charge in [0.05, 0.1) is 0 Å². The molecule has 0 bridgehead atoms. The quantitative estimate of drug-likeness (QED) is 0.696. The molecule has 1 amide bonds. The number of fused-ring (bicyclic) bond motifs is 1. The zero-order valence-corrected chi connectivity index (χ0v) is 14.8. The van der Waals surface area contributed by atoms with Crippen LogP contribution in [-0.4, -0.2) is 17.4 Å². The number of oxazole rings is 1. The van der Waals surface area contributed by atoms with Crippen LogP contribution in [0.3, 0.4) is 0 Å². The number of rotatable bonds is 7. The molecular weight excluding hydrogens is 312 g/mol. The van der Waals surface area contributed by atoms with Crippen LogP contribution in [0.25, 0.3) is 11.1 Å². The van der Waals surface area contributed by atoms with Gasteiger partial charge in [0.15, 0.2) is 11.5 Å². The average molecular weight is 336 g/mol. The van der Waals surface area contributed by atoms with Gasteiger partial charge in [-0.25, -0.2) is 4.98 Å². The topological polar surface area (TPSA) is 55.1 Å². The number of hydrogen-bond acceptors (Lipinski definition) is 3. The maximum absolute atomic E-state index is 12.2. The van der Waals surface area contributed by atoms with Crippen molar-refractivity contribution in [3.05, 3.63) is 65.5 Å². The number of aromatic nitrogens is 1. The lowest BCUT2D eigenvalue weighted by Crippen LogP contribution is -2.25. The van der Waals surface area contributed by atoms with Crippen LogP contribution in [-0.2, 0) is 12.8 Å². The van der Waals surface area contributed by atoms with E-state index in [0.717, 1.165) is 24.8 Å². The molecule has 4 nitrogen and oxygen atoms in total. The maximum atomic E-state index is 12.2. The van der Waals surface area contributed by atoms with Crippen LogP contribution in [0.5, 0.6) is 0 Å². The monoisotopic (exact) mass is 336 g/mol. The largest absolute Gasteiger partial charge is 0.441 e. The van der Waals surface area contributed by atoms with Crippen molar-refractivity contribution in [2.45, 2.75) is 33.1 Å². The van der Waals surface area contributed by atoms with Crippen LogP contribution in [0.2, 0.25) is 0 Å². The Morgan fingerprint density at radius 1 is 1.12 bits per heavy atom. The summed E-state index contributed by atoms with van der Waals surface area (Å²) in [6.07, 6.45) is 2.60. The van der Waals surface area contributed by atoms with E-state index in [2.05, 4.69) is 36.3 Å². The average Bonchev–Trinajstić information content (AvgIpc) is 3.02. The minimum Gasteiger partial charge on any atom is -0.441 e. The maximum Gasteiger partial charge on any atom is 0.251 e.